The molecule has 0 saturated heterocycles. The fourth-order valence-corrected chi connectivity index (χ4v) is 1.86. The molecule has 0 heterocycles. The van der Waals surface area contributed by atoms with Gasteiger partial charge in [-0.1, -0.05) is 6.92 Å². The van der Waals surface area contributed by atoms with Crippen molar-refractivity contribution in [3.05, 3.63) is 29.8 Å². The zero-order valence-corrected chi connectivity index (χ0v) is 12.4. The summed E-state index contributed by atoms with van der Waals surface area (Å²) in [6.45, 7) is 3.49. The van der Waals surface area contributed by atoms with Gasteiger partial charge in [0.15, 0.2) is 0 Å². The fraction of sp³-hybridized carbons (Fsp3) is 0.533. The van der Waals surface area contributed by atoms with E-state index in [-0.39, 0.29) is 19.1 Å². The van der Waals surface area contributed by atoms with Gasteiger partial charge < -0.3 is 20.1 Å². The summed E-state index contributed by atoms with van der Waals surface area (Å²) in [5.74, 6) is -0.109. The number of likely N-dealkylation sites (N-methyl/N-ethyl adjacent to an activating group) is 1. The molecule has 0 bridgehead atoms. The van der Waals surface area contributed by atoms with Gasteiger partial charge in [0.1, 0.15) is 0 Å². The molecule has 20 heavy (non-hydrogen) atoms. The highest BCUT2D eigenvalue weighted by Crippen LogP contribution is 2.11. The molecule has 0 fully saturated rings. The van der Waals surface area contributed by atoms with E-state index >= 15 is 0 Å². The molecule has 5 nitrogen and oxygen atoms in total. The lowest BCUT2D eigenvalue weighted by Crippen LogP contribution is -2.36. The zero-order chi connectivity index (χ0) is 15.0. The van der Waals surface area contributed by atoms with Gasteiger partial charge in [-0.15, -0.1) is 0 Å². The van der Waals surface area contributed by atoms with Crippen molar-refractivity contribution in [1.82, 2.24) is 4.90 Å². The first kappa shape index (κ1) is 16.5. The summed E-state index contributed by atoms with van der Waals surface area (Å²) in [7, 11) is 3.19. The average molecular weight is 280 g/mol. The van der Waals surface area contributed by atoms with Crippen molar-refractivity contribution in [2.45, 2.75) is 19.4 Å². The molecule has 0 radical (unpaired) electrons. The number of hydrogen-bond acceptors (Lipinski definition) is 4. The van der Waals surface area contributed by atoms with Crippen LogP contribution in [0.15, 0.2) is 24.3 Å². The van der Waals surface area contributed by atoms with Gasteiger partial charge in [-0.3, -0.25) is 4.79 Å². The lowest BCUT2D eigenvalue weighted by Gasteiger charge is -2.20. The minimum Gasteiger partial charge on any atom is -0.389 e. The van der Waals surface area contributed by atoms with Gasteiger partial charge in [-0.05, 0) is 30.7 Å². The number of carbonyl (C=O) groups excluding carboxylic acids is 1. The minimum atomic E-state index is -0.667. The van der Waals surface area contributed by atoms with Crippen LogP contribution in [0.4, 0.5) is 5.69 Å². The number of hydrogen-bond donors (Lipinski definition) is 2. The summed E-state index contributed by atoms with van der Waals surface area (Å²) >= 11 is 0. The molecule has 5 heteroatoms. The van der Waals surface area contributed by atoms with Crippen molar-refractivity contribution in [3.8, 4) is 0 Å². The number of nitrogens with zero attached hydrogens (tertiary/aromatic N) is 1. The smallest absolute Gasteiger partial charge is 0.253 e. The van der Waals surface area contributed by atoms with Crippen LogP contribution < -0.4 is 5.32 Å². The SMILES string of the molecule is CCCNc1ccc(C(=O)N(C)CC(O)COC)cc1. The van der Waals surface area contributed by atoms with Crippen LogP contribution in [0.1, 0.15) is 23.7 Å². The Morgan fingerprint density at radius 3 is 2.60 bits per heavy atom. The molecule has 2 N–H and O–H groups in total. The van der Waals surface area contributed by atoms with Crippen LogP contribution in [0.3, 0.4) is 0 Å². The second kappa shape index (κ2) is 8.55. The molecule has 112 valence electrons. The van der Waals surface area contributed by atoms with Gasteiger partial charge in [0.05, 0.1) is 12.7 Å². The Morgan fingerprint density at radius 2 is 2.05 bits per heavy atom. The Morgan fingerprint density at radius 1 is 1.40 bits per heavy atom. The van der Waals surface area contributed by atoms with E-state index in [2.05, 4.69) is 12.2 Å². The number of nitrogens with one attached hydrogen (secondary N) is 1. The molecular weight excluding hydrogens is 256 g/mol. The van der Waals surface area contributed by atoms with Gasteiger partial charge in [-0.25, -0.2) is 0 Å². The Labute approximate surface area is 120 Å². The van der Waals surface area contributed by atoms with Crippen LogP contribution in [0.5, 0.6) is 0 Å². The van der Waals surface area contributed by atoms with Gasteiger partial charge in [0.25, 0.3) is 5.91 Å². The van der Waals surface area contributed by atoms with Gasteiger partial charge in [0.2, 0.25) is 0 Å². The predicted molar refractivity (Wildman–Crippen MR) is 80.1 cm³/mol. The minimum absolute atomic E-state index is 0.109. The van der Waals surface area contributed by atoms with E-state index < -0.39 is 6.10 Å². The summed E-state index contributed by atoms with van der Waals surface area (Å²) in [4.78, 5) is 13.7. The van der Waals surface area contributed by atoms with Crippen molar-refractivity contribution in [3.63, 3.8) is 0 Å². The highest BCUT2D eigenvalue weighted by molar-refractivity contribution is 5.94. The van der Waals surface area contributed by atoms with E-state index in [4.69, 9.17) is 4.74 Å². The molecule has 0 aliphatic heterocycles. The molecule has 1 amide bonds. The summed E-state index contributed by atoms with van der Waals surface area (Å²) < 4.78 is 4.85. The van der Waals surface area contributed by atoms with Crippen LogP contribution in [0.2, 0.25) is 0 Å². The topological polar surface area (TPSA) is 61.8 Å². The van der Waals surface area contributed by atoms with Crippen LogP contribution in [0, 0.1) is 0 Å². The van der Waals surface area contributed by atoms with Gasteiger partial charge in [-0.2, -0.15) is 0 Å². The summed E-state index contributed by atoms with van der Waals surface area (Å²) in [5, 5.41) is 12.9. The molecule has 0 aliphatic rings. The monoisotopic (exact) mass is 280 g/mol. The number of aliphatic hydroxyl groups excluding tert-OH is 1. The number of anilines is 1. The molecule has 0 saturated carbocycles. The van der Waals surface area contributed by atoms with Crippen molar-refractivity contribution in [1.29, 1.82) is 0 Å². The highest BCUT2D eigenvalue weighted by atomic mass is 16.5. The average Bonchev–Trinajstić information content (AvgIpc) is 2.45. The molecule has 1 aromatic rings. The highest BCUT2D eigenvalue weighted by Gasteiger charge is 2.15. The standard InChI is InChI=1S/C15H24N2O3/c1-4-9-16-13-7-5-12(6-8-13)15(19)17(2)10-14(18)11-20-3/h5-8,14,16,18H,4,9-11H2,1-3H3. The molecule has 0 aliphatic carbocycles. The number of benzene rings is 1. The number of ether oxygens (including phenoxy) is 1. The maximum Gasteiger partial charge on any atom is 0.253 e. The number of amides is 1. The third-order valence-corrected chi connectivity index (χ3v) is 2.90. The largest absolute Gasteiger partial charge is 0.389 e. The molecule has 1 rings (SSSR count). The van der Waals surface area contributed by atoms with E-state index in [9.17, 15) is 9.90 Å². The molecule has 0 spiro atoms. The lowest BCUT2D eigenvalue weighted by atomic mass is 10.1. The number of carbonyl (C=O) groups is 1. The van der Waals surface area contributed by atoms with E-state index in [1.165, 1.54) is 12.0 Å². The summed E-state index contributed by atoms with van der Waals surface area (Å²) in [6, 6.07) is 7.36. The zero-order valence-electron chi connectivity index (χ0n) is 12.4. The summed E-state index contributed by atoms with van der Waals surface area (Å²) in [5.41, 5.74) is 1.62. The lowest BCUT2D eigenvalue weighted by molar-refractivity contribution is 0.0380. The number of aliphatic hydroxyl groups is 1. The number of methoxy groups -OCH3 is 1. The Kier molecular flexibility index (Phi) is 7.04. The Bertz CT molecular complexity index is 406. The van der Waals surface area contributed by atoms with Crippen molar-refractivity contribution in [2.75, 3.05) is 39.2 Å². The fourth-order valence-electron chi connectivity index (χ4n) is 1.86. The van der Waals surface area contributed by atoms with E-state index in [1.54, 1.807) is 19.2 Å². The van der Waals surface area contributed by atoms with Crippen LogP contribution in [0.25, 0.3) is 0 Å². The van der Waals surface area contributed by atoms with Crippen LogP contribution >= 0.6 is 0 Å². The molecule has 1 atom stereocenters. The Hall–Kier alpha value is -1.59. The predicted octanol–water partition coefficient (Wildman–Crippen LogP) is 1.59. The summed E-state index contributed by atoms with van der Waals surface area (Å²) in [6.07, 6.45) is 0.389. The van der Waals surface area contributed by atoms with Crippen LogP contribution in [-0.2, 0) is 4.74 Å². The van der Waals surface area contributed by atoms with Crippen molar-refractivity contribution in [2.24, 2.45) is 0 Å². The van der Waals surface area contributed by atoms with Crippen LogP contribution in [-0.4, -0.2) is 55.9 Å². The molecule has 0 aromatic heterocycles. The molecule has 1 aromatic carbocycles. The quantitative estimate of drug-likeness (QED) is 0.759. The second-order valence-corrected chi connectivity index (χ2v) is 4.80. The van der Waals surface area contributed by atoms with E-state index in [0.717, 1.165) is 18.7 Å². The first-order chi connectivity index (χ1) is 9.58. The van der Waals surface area contributed by atoms with Gasteiger partial charge in [0, 0.05) is 38.5 Å². The second-order valence-electron chi connectivity index (χ2n) is 4.80. The molecular formula is C15H24N2O3. The number of rotatable bonds is 8. The Balaban J connectivity index is 2.58. The van der Waals surface area contributed by atoms with Crippen molar-refractivity contribution < 1.29 is 14.6 Å². The first-order valence-corrected chi connectivity index (χ1v) is 6.84. The van der Waals surface area contributed by atoms with E-state index in [0.29, 0.717) is 5.56 Å². The third-order valence-electron chi connectivity index (χ3n) is 2.90. The maximum absolute atomic E-state index is 12.2. The third kappa shape index (κ3) is 5.19. The van der Waals surface area contributed by atoms with Crippen molar-refractivity contribution >= 4 is 11.6 Å². The maximum atomic E-state index is 12.2. The first-order valence-electron chi connectivity index (χ1n) is 6.84. The molecule has 1 unspecified atom stereocenters. The van der Waals surface area contributed by atoms with E-state index in [1.807, 2.05) is 12.1 Å². The normalized spacial score (nSPS) is 12.0. The van der Waals surface area contributed by atoms with Gasteiger partial charge >= 0.3 is 0 Å².